The first-order valence-electron chi connectivity index (χ1n) is 5.61. The lowest BCUT2D eigenvalue weighted by Crippen LogP contribution is -2.55. The lowest BCUT2D eigenvalue weighted by molar-refractivity contribution is -0.0471. The Kier molecular flexibility index (Phi) is 5.34. The molecule has 92 valence electrons. The molecule has 1 rings (SSSR count). The van der Waals surface area contributed by atoms with Crippen LogP contribution in [0.15, 0.2) is 11.7 Å². The van der Waals surface area contributed by atoms with E-state index in [-0.39, 0.29) is 11.6 Å². The minimum atomic E-state index is -0.196. The van der Waals surface area contributed by atoms with E-state index in [1.54, 1.807) is 18.4 Å². The van der Waals surface area contributed by atoms with Crippen LogP contribution in [0.25, 0.3) is 0 Å². The van der Waals surface area contributed by atoms with Gasteiger partial charge in [-0.05, 0) is 12.8 Å². The summed E-state index contributed by atoms with van der Waals surface area (Å²) in [5.74, 6) is 5.66. The van der Waals surface area contributed by atoms with Crippen molar-refractivity contribution in [3.8, 4) is 0 Å². The van der Waals surface area contributed by atoms with Gasteiger partial charge in [-0.15, -0.1) is 11.3 Å². The van der Waals surface area contributed by atoms with Crippen molar-refractivity contribution < 1.29 is 4.74 Å². The molecule has 1 atom stereocenters. The molecular weight excluding hydrogens is 222 g/mol. The Hall–Kier alpha value is -0.490. The lowest BCUT2D eigenvalue weighted by Gasteiger charge is -2.37. The van der Waals surface area contributed by atoms with Gasteiger partial charge in [-0.25, -0.2) is 0 Å². The van der Waals surface area contributed by atoms with Crippen LogP contribution in [0.4, 0.5) is 0 Å². The first kappa shape index (κ1) is 13.6. The zero-order valence-corrected chi connectivity index (χ0v) is 11.0. The summed E-state index contributed by atoms with van der Waals surface area (Å²) in [6.07, 6.45) is 4.62. The van der Waals surface area contributed by atoms with Crippen molar-refractivity contribution in [2.75, 3.05) is 7.11 Å². The molecule has 0 aliphatic heterocycles. The second-order valence-electron chi connectivity index (χ2n) is 3.87. The van der Waals surface area contributed by atoms with E-state index >= 15 is 0 Å². The Morgan fingerprint density at radius 1 is 1.56 bits per heavy atom. The van der Waals surface area contributed by atoms with Crippen LogP contribution in [0.1, 0.15) is 31.6 Å². The monoisotopic (exact) mass is 243 g/mol. The zero-order chi connectivity index (χ0) is 12.0. The highest BCUT2D eigenvalue weighted by Gasteiger charge is 2.35. The molecule has 16 heavy (non-hydrogen) atoms. The van der Waals surface area contributed by atoms with Crippen molar-refractivity contribution in [1.82, 2.24) is 10.4 Å². The topological polar surface area (TPSA) is 60.2 Å². The molecular formula is C11H21N3OS. The Morgan fingerprint density at radius 2 is 2.25 bits per heavy atom. The smallest absolute Gasteiger partial charge is 0.0842 e. The van der Waals surface area contributed by atoms with Crippen LogP contribution in [-0.4, -0.2) is 23.7 Å². The van der Waals surface area contributed by atoms with Crippen molar-refractivity contribution in [2.45, 2.75) is 44.8 Å². The predicted molar refractivity (Wildman–Crippen MR) is 67.3 cm³/mol. The van der Waals surface area contributed by atoms with Crippen LogP contribution in [0.3, 0.4) is 0 Å². The molecule has 1 unspecified atom stereocenters. The van der Waals surface area contributed by atoms with E-state index in [1.165, 1.54) is 4.88 Å². The van der Waals surface area contributed by atoms with Crippen LogP contribution < -0.4 is 11.3 Å². The molecule has 0 saturated carbocycles. The second kappa shape index (κ2) is 6.30. The standard InChI is InChI=1S/C11H21N3OS/c1-4-11(5-2,15-3)10(14-12)6-9-7-13-8-16-9/h7-8,10,14H,4-6,12H2,1-3H3. The molecule has 0 amide bonds. The Labute approximate surface area is 101 Å². The molecule has 0 radical (unpaired) electrons. The molecule has 5 heteroatoms. The fourth-order valence-corrected chi connectivity index (χ4v) is 2.76. The number of nitrogens with zero attached hydrogens (tertiary/aromatic N) is 1. The third-order valence-electron chi connectivity index (χ3n) is 3.33. The SMILES string of the molecule is CCC(CC)(OC)C(Cc1cncs1)NN. The van der Waals surface area contributed by atoms with E-state index in [4.69, 9.17) is 10.6 Å². The average Bonchev–Trinajstić information content (AvgIpc) is 2.83. The summed E-state index contributed by atoms with van der Waals surface area (Å²) < 4.78 is 5.68. The first-order chi connectivity index (χ1) is 7.72. The van der Waals surface area contributed by atoms with Gasteiger partial charge >= 0.3 is 0 Å². The van der Waals surface area contributed by atoms with Gasteiger partial charge in [-0.3, -0.25) is 16.3 Å². The Bertz CT molecular complexity index is 277. The zero-order valence-electron chi connectivity index (χ0n) is 10.2. The molecule has 0 fully saturated rings. The van der Waals surface area contributed by atoms with E-state index in [9.17, 15) is 0 Å². The largest absolute Gasteiger partial charge is 0.377 e. The number of methoxy groups -OCH3 is 1. The summed E-state index contributed by atoms with van der Waals surface area (Å²) in [5.41, 5.74) is 4.53. The third-order valence-corrected chi connectivity index (χ3v) is 4.13. The van der Waals surface area contributed by atoms with Gasteiger partial charge in [-0.2, -0.15) is 0 Å². The summed E-state index contributed by atoms with van der Waals surface area (Å²) in [6.45, 7) is 4.26. The van der Waals surface area contributed by atoms with Gasteiger partial charge in [0.2, 0.25) is 0 Å². The summed E-state index contributed by atoms with van der Waals surface area (Å²) >= 11 is 1.65. The second-order valence-corrected chi connectivity index (χ2v) is 4.84. The molecule has 0 aromatic carbocycles. The van der Waals surface area contributed by atoms with E-state index < -0.39 is 0 Å². The van der Waals surface area contributed by atoms with Gasteiger partial charge in [0, 0.05) is 24.6 Å². The summed E-state index contributed by atoms with van der Waals surface area (Å²) in [4.78, 5) is 5.31. The molecule has 0 aliphatic carbocycles. The highest BCUT2D eigenvalue weighted by Crippen LogP contribution is 2.26. The number of nitrogens with one attached hydrogen (secondary N) is 1. The fourth-order valence-electron chi connectivity index (χ4n) is 2.11. The maximum absolute atomic E-state index is 5.68. The van der Waals surface area contributed by atoms with Crippen molar-refractivity contribution in [3.63, 3.8) is 0 Å². The number of nitrogens with two attached hydrogens (primary N) is 1. The highest BCUT2D eigenvalue weighted by molar-refractivity contribution is 7.09. The van der Waals surface area contributed by atoms with Gasteiger partial charge in [0.1, 0.15) is 0 Å². The average molecular weight is 243 g/mol. The van der Waals surface area contributed by atoms with Crippen molar-refractivity contribution in [2.24, 2.45) is 5.84 Å². The maximum Gasteiger partial charge on any atom is 0.0842 e. The van der Waals surface area contributed by atoms with Crippen LogP contribution in [0, 0.1) is 0 Å². The molecule has 0 spiro atoms. The van der Waals surface area contributed by atoms with Gasteiger partial charge in [0.15, 0.2) is 0 Å². The van der Waals surface area contributed by atoms with Gasteiger partial charge < -0.3 is 4.74 Å². The van der Waals surface area contributed by atoms with Crippen molar-refractivity contribution in [3.05, 3.63) is 16.6 Å². The maximum atomic E-state index is 5.68. The van der Waals surface area contributed by atoms with Gasteiger partial charge in [-0.1, -0.05) is 13.8 Å². The number of hydrogen-bond acceptors (Lipinski definition) is 5. The van der Waals surface area contributed by atoms with Crippen molar-refractivity contribution in [1.29, 1.82) is 0 Å². The van der Waals surface area contributed by atoms with Crippen LogP contribution in [0.2, 0.25) is 0 Å². The molecule has 4 nitrogen and oxygen atoms in total. The molecule has 1 aromatic heterocycles. The molecule has 0 bridgehead atoms. The summed E-state index contributed by atoms with van der Waals surface area (Å²) in [5, 5.41) is 0. The first-order valence-corrected chi connectivity index (χ1v) is 6.49. The lowest BCUT2D eigenvalue weighted by atomic mass is 9.86. The summed E-state index contributed by atoms with van der Waals surface area (Å²) in [6, 6.07) is 0.118. The highest BCUT2D eigenvalue weighted by atomic mass is 32.1. The summed E-state index contributed by atoms with van der Waals surface area (Å²) in [7, 11) is 1.75. The van der Waals surface area contributed by atoms with Gasteiger partial charge in [0.05, 0.1) is 17.2 Å². The van der Waals surface area contributed by atoms with Crippen LogP contribution in [0.5, 0.6) is 0 Å². The van der Waals surface area contributed by atoms with Crippen molar-refractivity contribution >= 4 is 11.3 Å². The molecule has 0 aliphatic rings. The number of hydrazine groups is 1. The Balaban J connectivity index is 2.78. The molecule has 1 heterocycles. The number of thiazole rings is 1. The van der Waals surface area contributed by atoms with Gasteiger partial charge in [0.25, 0.3) is 0 Å². The minimum Gasteiger partial charge on any atom is -0.377 e. The molecule has 3 N–H and O–H groups in total. The third kappa shape index (κ3) is 2.79. The van der Waals surface area contributed by atoms with Crippen LogP contribution >= 0.6 is 11.3 Å². The normalized spacial score (nSPS) is 14.0. The number of ether oxygens (including phenoxy) is 1. The number of aromatic nitrogens is 1. The Morgan fingerprint density at radius 3 is 2.62 bits per heavy atom. The van der Waals surface area contributed by atoms with E-state index in [0.717, 1.165) is 19.3 Å². The number of hydrogen-bond donors (Lipinski definition) is 2. The van der Waals surface area contributed by atoms with E-state index in [0.29, 0.717) is 0 Å². The van der Waals surface area contributed by atoms with Crippen LogP contribution in [-0.2, 0) is 11.2 Å². The minimum absolute atomic E-state index is 0.118. The number of rotatable bonds is 7. The molecule has 0 saturated heterocycles. The fraction of sp³-hybridized carbons (Fsp3) is 0.727. The molecule has 1 aromatic rings. The van der Waals surface area contributed by atoms with E-state index in [2.05, 4.69) is 24.3 Å². The quantitative estimate of drug-likeness (QED) is 0.565. The van der Waals surface area contributed by atoms with E-state index in [1.807, 2.05) is 11.7 Å². The predicted octanol–water partition coefficient (Wildman–Crippen LogP) is 1.72.